The van der Waals surface area contributed by atoms with Gasteiger partial charge in [0.2, 0.25) is 0 Å². The van der Waals surface area contributed by atoms with E-state index in [2.05, 4.69) is 30.5 Å². The molecule has 1 unspecified atom stereocenters. The number of rotatable bonds is 37. The molecule has 0 spiro atoms. The van der Waals surface area contributed by atoms with E-state index in [4.69, 9.17) is 19.1 Å². The van der Waals surface area contributed by atoms with Crippen molar-refractivity contribution >= 4 is 25.5 Å². The van der Waals surface area contributed by atoms with Crippen LogP contribution in [0.15, 0.2) is 36.5 Å². The van der Waals surface area contributed by atoms with E-state index in [1.165, 1.54) is 44.9 Å². The van der Waals surface area contributed by atoms with Crippen molar-refractivity contribution in [3.8, 4) is 0 Å². The summed E-state index contributed by atoms with van der Waals surface area (Å²) in [6.07, 6.45) is 27.6. The lowest BCUT2D eigenvalue weighted by Crippen LogP contribution is -2.29. The number of phosphoric ester groups is 1. The zero-order valence-corrected chi connectivity index (χ0v) is 36.4. The van der Waals surface area contributed by atoms with Gasteiger partial charge in [-0.3, -0.25) is 23.4 Å². The molecule has 1 aliphatic rings. The van der Waals surface area contributed by atoms with Crippen LogP contribution in [0.2, 0.25) is 0 Å². The van der Waals surface area contributed by atoms with E-state index in [9.17, 15) is 39.2 Å². The number of aliphatic hydroxyl groups excluding tert-OH is 4. The molecule has 1 rings (SSSR count). The minimum atomic E-state index is -4.68. The average Bonchev–Trinajstić information content (AvgIpc) is 3.47. The van der Waals surface area contributed by atoms with Crippen molar-refractivity contribution in [2.75, 3.05) is 26.4 Å². The van der Waals surface area contributed by atoms with Gasteiger partial charge in [0, 0.05) is 31.1 Å². The van der Waals surface area contributed by atoms with Gasteiger partial charge in [-0.15, -0.1) is 0 Å². The van der Waals surface area contributed by atoms with Crippen LogP contribution in [-0.2, 0) is 37.5 Å². The van der Waals surface area contributed by atoms with E-state index in [0.29, 0.717) is 32.1 Å². The smallest absolute Gasteiger partial charge is 0.462 e. The van der Waals surface area contributed by atoms with Crippen LogP contribution >= 0.6 is 7.82 Å². The van der Waals surface area contributed by atoms with E-state index < -0.39 is 70.6 Å². The number of allylic oxidation sites excluding steroid dienone is 4. The van der Waals surface area contributed by atoms with Gasteiger partial charge >= 0.3 is 19.8 Å². The molecule has 0 aromatic carbocycles. The summed E-state index contributed by atoms with van der Waals surface area (Å²) in [5, 5.41) is 39.0. The van der Waals surface area contributed by atoms with Crippen molar-refractivity contribution in [1.82, 2.24) is 0 Å². The molecule has 1 aliphatic carbocycles. The van der Waals surface area contributed by atoms with Gasteiger partial charge in [-0.05, 0) is 57.8 Å². The van der Waals surface area contributed by atoms with Crippen molar-refractivity contribution in [3.05, 3.63) is 36.5 Å². The molecule has 14 heteroatoms. The number of phosphoric acid groups is 1. The summed E-state index contributed by atoms with van der Waals surface area (Å²) in [5.74, 6) is -1.89. The van der Waals surface area contributed by atoms with Gasteiger partial charge in [0.05, 0.1) is 32.0 Å². The maximum atomic E-state index is 12.6. The van der Waals surface area contributed by atoms with Crippen LogP contribution in [0.4, 0.5) is 0 Å². The second-order valence-corrected chi connectivity index (χ2v) is 16.9. The van der Waals surface area contributed by atoms with Gasteiger partial charge in [-0.2, -0.15) is 0 Å². The molecule has 0 aromatic rings. The molecule has 13 nitrogen and oxygen atoms in total. The van der Waals surface area contributed by atoms with Crippen molar-refractivity contribution in [2.45, 2.75) is 186 Å². The molecule has 0 aliphatic heterocycles. The highest BCUT2D eigenvalue weighted by molar-refractivity contribution is 7.47. The first-order valence-electron chi connectivity index (χ1n) is 22.0. The van der Waals surface area contributed by atoms with Crippen molar-refractivity contribution in [3.63, 3.8) is 0 Å². The van der Waals surface area contributed by atoms with Crippen LogP contribution in [0.25, 0.3) is 0 Å². The molecule has 1 fully saturated rings. The summed E-state index contributed by atoms with van der Waals surface area (Å²) in [6, 6.07) is 0. The molecule has 0 bridgehead atoms. The molecular weight excluding hydrogens is 767 g/mol. The number of hydrogen-bond donors (Lipinski definition) is 5. The van der Waals surface area contributed by atoms with Crippen molar-refractivity contribution in [2.24, 2.45) is 11.8 Å². The number of carbonyl (C=O) groups excluding carboxylic acids is 3. The highest BCUT2D eigenvalue weighted by Gasteiger charge is 2.39. The molecule has 5 N–H and O–H groups in total. The number of ether oxygens (including phenoxy) is 2. The molecule has 0 aromatic heterocycles. The molecule has 0 amide bonds. The SMILES string of the molecule is CCCCCC/C=C\CCCCCCCCCC(=O)O[C@H](COC(=O)CCC/C=C\C[C@H]1C(=O)C[C@@H](O)[C@@H]1/C=C/[C@@H](O)CCCCC)COP(=O)(O)OC[C@@H](O)CO. The number of hydrogen-bond acceptors (Lipinski definition) is 12. The molecule has 7 atom stereocenters. The van der Waals surface area contributed by atoms with Crippen LogP contribution in [0, 0.1) is 11.8 Å². The molecule has 0 saturated heterocycles. The van der Waals surface area contributed by atoms with E-state index in [-0.39, 0.29) is 36.9 Å². The molecule has 1 saturated carbocycles. The van der Waals surface area contributed by atoms with Gasteiger partial charge < -0.3 is 34.8 Å². The zero-order valence-electron chi connectivity index (χ0n) is 35.5. The fourth-order valence-electron chi connectivity index (χ4n) is 6.62. The van der Waals surface area contributed by atoms with Crippen LogP contribution in [0.1, 0.15) is 162 Å². The minimum absolute atomic E-state index is 0.0186. The Labute approximate surface area is 348 Å². The Kier molecular flexibility index (Phi) is 32.0. The van der Waals surface area contributed by atoms with Gasteiger partial charge in [0.25, 0.3) is 0 Å². The zero-order chi connectivity index (χ0) is 42.9. The Hall–Kier alpha value is -2.22. The number of carbonyl (C=O) groups is 3. The largest absolute Gasteiger partial charge is 0.472 e. The highest BCUT2D eigenvalue weighted by atomic mass is 31.2. The minimum Gasteiger partial charge on any atom is -0.462 e. The molecular formula is C44H77O13P. The maximum Gasteiger partial charge on any atom is 0.472 e. The standard InChI is InChI=1S/C44H77O13P/c1-3-5-7-8-9-10-11-12-13-14-15-16-17-18-24-28-44(51)57-38(35-56-58(52,53)55-33-37(47)32-45)34-54-43(50)27-23-20-19-22-26-39-40(42(49)31-41(39)48)30-29-36(46)25-21-6-4-2/h10-11,19,22,29-30,36-40,42,45-47,49H,3-9,12-18,20-21,23-28,31-35H2,1-2H3,(H,52,53)/b11-10-,22-19-,30-29+/t36-,37-,38+,39+,40+,42+/m0/s1. The molecule has 0 radical (unpaired) electrons. The summed E-state index contributed by atoms with van der Waals surface area (Å²) in [4.78, 5) is 47.7. The summed E-state index contributed by atoms with van der Waals surface area (Å²) in [5.41, 5.74) is 0. The van der Waals surface area contributed by atoms with E-state index in [0.717, 1.165) is 51.4 Å². The fraction of sp³-hybridized carbons (Fsp3) is 0.795. The topological polar surface area (TPSA) is 206 Å². The Morgan fingerprint density at radius 3 is 2.00 bits per heavy atom. The molecule has 58 heavy (non-hydrogen) atoms. The fourth-order valence-corrected chi connectivity index (χ4v) is 7.40. The average molecular weight is 845 g/mol. The van der Waals surface area contributed by atoms with Crippen molar-refractivity contribution in [1.29, 1.82) is 0 Å². The summed E-state index contributed by atoms with van der Waals surface area (Å²) in [7, 11) is -4.68. The summed E-state index contributed by atoms with van der Waals surface area (Å²) in [6.45, 7) is 1.95. The van der Waals surface area contributed by atoms with Crippen LogP contribution in [-0.4, -0.2) is 93.9 Å². The predicted octanol–water partition coefficient (Wildman–Crippen LogP) is 8.15. The van der Waals surface area contributed by atoms with E-state index in [1.807, 2.05) is 12.2 Å². The Balaban J connectivity index is 2.47. The highest BCUT2D eigenvalue weighted by Crippen LogP contribution is 2.43. The Morgan fingerprint density at radius 2 is 1.33 bits per heavy atom. The van der Waals surface area contributed by atoms with Crippen molar-refractivity contribution < 1.29 is 62.8 Å². The summed E-state index contributed by atoms with van der Waals surface area (Å²) < 4.78 is 32.6. The Morgan fingerprint density at radius 1 is 0.759 bits per heavy atom. The summed E-state index contributed by atoms with van der Waals surface area (Å²) >= 11 is 0. The molecule has 336 valence electrons. The predicted molar refractivity (Wildman–Crippen MR) is 225 cm³/mol. The third-order valence-corrected chi connectivity index (χ3v) is 11.1. The van der Waals surface area contributed by atoms with Crippen LogP contribution < -0.4 is 0 Å². The first kappa shape index (κ1) is 53.8. The lowest BCUT2D eigenvalue weighted by molar-refractivity contribution is -0.161. The van der Waals surface area contributed by atoms with Gasteiger partial charge in [0.15, 0.2) is 6.10 Å². The second kappa shape index (κ2) is 34.5. The van der Waals surface area contributed by atoms with Gasteiger partial charge in [0.1, 0.15) is 18.5 Å². The van der Waals surface area contributed by atoms with E-state index >= 15 is 0 Å². The van der Waals surface area contributed by atoms with Gasteiger partial charge in [-0.25, -0.2) is 4.57 Å². The van der Waals surface area contributed by atoms with Crippen LogP contribution in [0.5, 0.6) is 0 Å². The third kappa shape index (κ3) is 28.3. The Bertz CT molecular complexity index is 1220. The van der Waals surface area contributed by atoms with E-state index in [1.54, 1.807) is 12.2 Å². The molecule has 0 heterocycles. The lowest BCUT2D eigenvalue weighted by Gasteiger charge is -2.20. The number of Topliss-reactive ketones (excluding diaryl/α,β-unsaturated/α-hetero) is 1. The third-order valence-electron chi connectivity index (χ3n) is 10.1. The number of aliphatic hydroxyl groups is 4. The number of ketones is 1. The first-order valence-corrected chi connectivity index (χ1v) is 23.5. The maximum absolute atomic E-state index is 12.6. The monoisotopic (exact) mass is 845 g/mol. The lowest BCUT2D eigenvalue weighted by atomic mass is 9.90. The van der Waals surface area contributed by atoms with Crippen LogP contribution in [0.3, 0.4) is 0 Å². The van der Waals surface area contributed by atoms with Gasteiger partial charge in [-0.1, -0.05) is 121 Å². The normalized spacial score (nSPS) is 19.9. The first-order chi connectivity index (χ1) is 27.9. The number of esters is 2. The number of unbranched alkanes of at least 4 members (excludes halogenated alkanes) is 14. The second-order valence-electron chi connectivity index (χ2n) is 15.5. The quantitative estimate of drug-likeness (QED) is 0.0174.